The fourth-order valence-electron chi connectivity index (χ4n) is 4.89. The molecular weight excluding hydrogens is 469 g/mol. The van der Waals surface area contributed by atoms with Gasteiger partial charge in [0.05, 0.1) is 10.6 Å². The summed E-state index contributed by atoms with van der Waals surface area (Å²) in [5.41, 5.74) is 0.662. The molecule has 0 spiro atoms. The first-order valence-electron chi connectivity index (χ1n) is 12.2. The van der Waals surface area contributed by atoms with Crippen molar-refractivity contribution in [2.45, 2.75) is 69.4 Å². The highest BCUT2D eigenvalue weighted by Crippen LogP contribution is 2.26. The average Bonchev–Trinajstić information content (AvgIpc) is 2.83. The van der Waals surface area contributed by atoms with E-state index in [4.69, 9.17) is 0 Å². The van der Waals surface area contributed by atoms with Crippen LogP contribution < -0.4 is 4.72 Å². The molecular formula is C26H32FN3O4S. The number of rotatable bonds is 5. The van der Waals surface area contributed by atoms with Crippen molar-refractivity contribution in [1.29, 1.82) is 0 Å². The summed E-state index contributed by atoms with van der Waals surface area (Å²) in [7, 11) is -4.05. The van der Waals surface area contributed by atoms with E-state index in [1.54, 1.807) is 15.9 Å². The van der Waals surface area contributed by atoms with Crippen LogP contribution in [0.2, 0.25) is 0 Å². The molecule has 0 bridgehead atoms. The number of carbonyl (C=O) groups is 2. The van der Waals surface area contributed by atoms with Crippen LogP contribution in [0.3, 0.4) is 0 Å². The standard InChI is InChI=1S/C26H32FN3O4S/c1-18-7-3-5-13-29(18)25(31)20-15-21(26(32)30-14-6-4-8-19(30)2)17-23(16-20)28-35(33,34)24-11-9-22(27)10-12-24/h9-12,15-19,28H,3-8,13-14H2,1-2H3/t18-,19-/m0/s1. The molecule has 2 amide bonds. The third-order valence-corrected chi connectivity index (χ3v) is 8.33. The largest absolute Gasteiger partial charge is 0.336 e. The third-order valence-electron chi connectivity index (χ3n) is 6.93. The van der Waals surface area contributed by atoms with Gasteiger partial charge in [-0.25, -0.2) is 12.8 Å². The Bertz CT molecular complexity index is 1150. The predicted octanol–water partition coefficient (Wildman–Crippen LogP) is 4.66. The zero-order chi connectivity index (χ0) is 25.2. The lowest BCUT2D eigenvalue weighted by Gasteiger charge is -2.34. The smallest absolute Gasteiger partial charge is 0.261 e. The van der Waals surface area contributed by atoms with E-state index in [0.717, 1.165) is 50.7 Å². The maximum atomic E-state index is 13.4. The summed E-state index contributed by atoms with van der Waals surface area (Å²) in [5, 5.41) is 0. The van der Waals surface area contributed by atoms with Gasteiger partial charge in [0.2, 0.25) is 0 Å². The topological polar surface area (TPSA) is 86.8 Å². The van der Waals surface area contributed by atoms with Crippen molar-refractivity contribution in [3.05, 3.63) is 59.4 Å². The number of piperidine rings is 2. The molecule has 2 heterocycles. The first-order valence-corrected chi connectivity index (χ1v) is 13.7. The number of benzene rings is 2. The summed E-state index contributed by atoms with van der Waals surface area (Å²) < 4.78 is 41.7. The molecule has 9 heteroatoms. The Balaban J connectivity index is 1.71. The van der Waals surface area contributed by atoms with Crippen LogP contribution in [-0.4, -0.2) is 55.2 Å². The maximum absolute atomic E-state index is 13.4. The second-order valence-corrected chi connectivity index (χ2v) is 11.2. The molecule has 0 unspecified atom stereocenters. The number of hydrogen-bond acceptors (Lipinski definition) is 4. The lowest BCUT2D eigenvalue weighted by molar-refractivity contribution is 0.0634. The van der Waals surface area contributed by atoms with Gasteiger partial charge in [0.15, 0.2) is 0 Å². The van der Waals surface area contributed by atoms with Crippen LogP contribution in [0.15, 0.2) is 47.4 Å². The molecule has 0 aromatic heterocycles. The van der Waals surface area contributed by atoms with Gasteiger partial charge in [0.1, 0.15) is 5.82 Å². The fourth-order valence-corrected chi connectivity index (χ4v) is 5.93. The molecule has 0 saturated carbocycles. The molecule has 2 aliphatic rings. The highest BCUT2D eigenvalue weighted by Gasteiger charge is 2.28. The van der Waals surface area contributed by atoms with Gasteiger partial charge in [-0.15, -0.1) is 0 Å². The number of amides is 2. The number of likely N-dealkylation sites (tertiary alicyclic amines) is 2. The molecule has 2 fully saturated rings. The van der Waals surface area contributed by atoms with E-state index < -0.39 is 15.8 Å². The number of halogens is 1. The van der Waals surface area contributed by atoms with Crippen LogP contribution in [0.1, 0.15) is 73.1 Å². The summed E-state index contributed by atoms with van der Waals surface area (Å²) in [4.78, 5) is 30.3. The summed E-state index contributed by atoms with van der Waals surface area (Å²) in [6.45, 7) is 5.25. The molecule has 7 nitrogen and oxygen atoms in total. The van der Waals surface area contributed by atoms with E-state index in [2.05, 4.69) is 4.72 Å². The average molecular weight is 502 g/mol. The maximum Gasteiger partial charge on any atom is 0.261 e. The predicted molar refractivity (Wildman–Crippen MR) is 132 cm³/mol. The lowest BCUT2D eigenvalue weighted by atomic mass is 9.99. The highest BCUT2D eigenvalue weighted by atomic mass is 32.2. The van der Waals surface area contributed by atoms with Gasteiger partial charge in [-0.2, -0.15) is 0 Å². The number of nitrogens with one attached hydrogen (secondary N) is 1. The minimum absolute atomic E-state index is 0.0667. The van der Waals surface area contributed by atoms with Gasteiger partial charge in [-0.1, -0.05) is 0 Å². The van der Waals surface area contributed by atoms with Crippen LogP contribution in [0, 0.1) is 5.82 Å². The van der Waals surface area contributed by atoms with Crippen molar-refractivity contribution in [2.24, 2.45) is 0 Å². The minimum Gasteiger partial charge on any atom is -0.336 e. The van der Waals surface area contributed by atoms with Gasteiger partial charge in [-0.3, -0.25) is 14.3 Å². The summed E-state index contributed by atoms with van der Waals surface area (Å²) >= 11 is 0. The minimum atomic E-state index is -4.05. The zero-order valence-electron chi connectivity index (χ0n) is 20.2. The number of carbonyl (C=O) groups excluding carboxylic acids is 2. The third kappa shape index (κ3) is 5.66. The van der Waals surface area contributed by atoms with E-state index in [1.165, 1.54) is 24.3 Å². The molecule has 0 aliphatic carbocycles. The molecule has 2 aliphatic heterocycles. The van der Waals surface area contributed by atoms with Gasteiger partial charge < -0.3 is 9.80 Å². The van der Waals surface area contributed by atoms with Gasteiger partial charge in [0.25, 0.3) is 21.8 Å². The molecule has 4 rings (SSSR count). The number of sulfonamides is 1. The lowest BCUT2D eigenvalue weighted by Crippen LogP contribution is -2.43. The number of anilines is 1. The van der Waals surface area contributed by atoms with E-state index in [1.807, 2.05) is 13.8 Å². The van der Waals surface area contributed by atoms with E-state index >= 15 is 0 Å². The quantitative estimate of drug-likeness (QED) is 0.646. The molecule has 2 saturated heterocycles. The van der Waals surface area contributed by atoms with Gasteiger partial charge in [0, 0.05) is 36.3 Å². The van der Waals surface area contributed by atoms with Gasteiger partial charge in [-0.05, 0) is 94.8 Å². The summed E-state index contributed by atoms with van der Waals surface area (Å²) in [5.74, 6) is -0.989. The molecule has 2 atom stereocenters. The van der Waals surface area contributed by atoms with Gasteiger partial charge >= 0.3 is 0 Å². The van der Waals surface area contributed by atoms with Crippen molar-refractivity contribution < 1.29 is 22.4 Å². The van der Waals surface area contributed by atoms with Crippen LogP contribution in [0.4, 0.5) is 10.1 Å². The molecule has 2 aromatic rings. The normalized spacial score (nSPS) is 21.0. The van der Waals surface area contributed by atoms with Crippen molar-refractivity contribution in [1.82, 2.24) is 9.80 Å². The Kier molecular flexibility index (Phi) is 7.44. The molecule has 188 valence electrons. The summed E-state index contributed by atoms with van der Waals surface area (Å²) in [6, 6.07) is 9.13. The molecule has 2 aromatic carbocycles. The molecule has 1 N–H and O–H groups in total. The number of hydrogen-bond donors (Lipinski definition) is 1. The summed E-state index contributed by atoms with van der Waals surface area (Å²) in [6.07, 6.45) is 5.73. The highest BCUT2D eigenvalue weighted by molar-refractivity contribution is 7.92. The second kappa shape index (κ2) is 10.4. The molecule has 35 heavy (non-hydrogen) atoms. The van der Waals surface area contributed by atoms with E-state index in [-0.39, 0.29) is 45.6 Å². The Morgan fingerprint density at radius 1 is 0.829 bits per heavy atom. The fraction of sp³-hybridized carbons (Fsp3) is 0.462. The van der Waals surface area contributed by atoms with Crippen molar-refractivity contribution in [3.63, 3.8) is 0 Å². The van der Waals surface area contributed by atoms with Crippen LogP contribution in [0.25, 0.3) is 0 Å². The zero-order valence-corrected chi connectivity index (χ0v) is 21.0. The Hall–Kier alpha value is -2.94. The Morgan fingerprint density at radius 2 is 1.31 bits per heavy atom. The Labute approximate surface area is 206 Å². The monoisotopic (exact) mass is 501 g/mol. The van der Waals surface area contributed by atoms with Crippen LogP contribution >= 0.6 is 0 Å². The van der Waals surface area contributed by atoms with Crippen LogP contribution in [0.5, 0.6) is 0 Å². The van der Waals surface area contributed by atoms with E-state index in [0.29, 0.717) is 13.1 Å². The first kappa shape index (κ1) is 25.2. The molecule has 0 radical (unpaired) electrons. The number of nitrogens with zero attached hydrogens (tertiary/aromatic N) is 2. The van der Waals surface area contributed by atoms with E-state index in [9.17, 15) is 22.4 Å². The van der Waals surface area contributed by atoms with Crippen molar-refractivity contribution in [2.75, 3.05) is 17.8 Å². The Morgan fingerprint density at radius 3 is 1.77 bits per heavy atom. The SMILES string of the molecule is C[C@H]1CCCCN1C(=O)c1cc(NS(=O)(=O)c2ccc(F)cc2)cc(C(=O)N2CCCC[C@@H]2C)c1. The second-order valence-electron chi connectivity index (χ2n) is 9.55. The first-order chi connectivity index (χ1) is 16.7. The van der Waals surface area contributed by atoms with Crippen LogP contribution in [-0.2, 0) is 10.0 Å². The van der Waals surface area contributed by atoms with Crippen molar-refractivity contribution in [3.8, 4) is 0 Å². The van der Waals surface area contributed by atoms with Crippen molar-refractivity contribution >= 4 is 27.5 Å².